The second-order valence-electron chi connectivity index (χ2n) is 3.34. The summed E-state index contributed by atoms with van der Waals surface area (Å²) in [6.45, 7) is 1.83. The van der Waals surface area contributed by atoms with Gasteiger partial charge in [0.25, 0.3) is 0 Å². The number of rotatable bonds is 4. The van der Waals surface area contributed by atoms with Crippen molar-refractivity contribution in [3.05, 3.63) is 11.3 Å². The highest BCUT2D eigenvalue weighted by Gasteiger charge is 2.18. The molecule has 6 nitrogen and oxygen atoms in total. The molecule has 0 atom stereocenters. The smallest absolute Gasteiger partial charge is 0.134 e. The molecule has 0 saturated heterocycles. The summed E-state index contributed by atoms with van der Waals surface area (Å²) in [6.07, 6.45) is 0. The van der Waals surface area contributed by atoms with Gasteiger partial charge < -0.3 is 10.0 Å². The SMILES string of the molecule is Cc1nn(C)c(N(CC#N)CC#N)c1CO. The molecule has 0 bridgehead atoms. The predicted octanol–water partition coefficient (Wildman–Crippen LogP) is 0.0744. The van der Waals surface area contributed by atoms with E-state index >= 15 is 0 Å². The van der Waals surface area contributed by atoms with Crippen LogP contribution in [0.5, 0.6) is 0 Å². The highest BCUT2D eigenvalue weighted by Crippen LogP contribution is 2.22. The van der Waals surface area contributed by atoms with Crippen LogP contribution in [0.25, 0.3) is 0 Å². The Labute approximate surface area is 93.9 Å². The minimum atomic E-state index is -0.150. The summed E-state index contributed by atoms with van der Waals surface area (Å²) in [5.74, 6) is 0.628. The molecule has 1 heterocycles. The van der Waals surface area contributed by atoms with Gasteiger partial charge in [-0.1, -0.05) is 0 Å². The van der Waals surface area contributed by atoms with Gasteiger partial charge in [-0.15, -0.1) is 0 Å². The maximum Gasteiger partial charge on any atom is 0.134 e. The third kappa shape index (κ3) is 2.13. The Hall–Kier alpha value is -2.05. The Balaban J connectivity index is 3.18. The molecule has 0 spiro atoms. The zero-order chi connectivity index (χ0) is 12.1. The summed E-state index contributed by atoms with van der Waals surface area (Å²) in [5.41, 5.74) is 1.37. The molecule has 84 valence electrons. The molecule has 0 fully saturated rings. The van der Waals surface area contributed by atoms with Crippen LogP contribution in [0.3, 0.4) is 0 Å². The predicted molar refractivity (Wildman–Crippen MR) is 57.3 cm³/mol. The molecule has 0 radical (unpaired) electrons. The zero-order valence-corrected chi connectivity index (χ0v) is 9.30. The molecule has 1 aromatic rings. The molecule has 0 aromatic carbocycles. The maximum absolute atomic E-state index is 9.25. The second kappa shape index (κ2) is 5.15. The van der Waals surface area contributed by atoms with Gasteiger partial charge in [0.1, 0.15) is 18.9 Å². The molecular formula is C10H13N5O. The molecule has 0 saturated carbocycles. The topological polar surface area (TPSA) is 88.9 Å². The van der Waals surface area contributed by atoms with E-state index in [1.807, 2.05) is 12.1 Å². The lowest BCUT2D eigenvalue weighted by Gasteiger charge is -2.19. The highest BCUT2D eigenvalue weighted by atomic mass is 16.3. The average Bonchev–Trinajstić information content (AvgIpc) is 2.52. The molecule has 0 amide bonds. The zero-order valence-electron chi connectivity index (χ0n) is 9.30. The quantitative estimate of drug-likeness (QED) is 0.724. The monoisotopic (exact) mass is 219 g/mol. The molecule has 0 aliphatic carbocycles. The number of aryl methyl sites for hydroxylation is 2. The van der Waals surface area contributed by atoms with Gasteiger partial charge in [0, 0.05) is 12.6 Å². The van der Waals surface area contributed by atoms with Crippen LogP contribution in [0.1, 0.15) is 11.3 Å². The maximum atomic E-state index is 9.25. The molecule has 1 N–H and O–H groups in total. The average molecular weight is 219 g/mol. The number of anilines is 1. The lowest BCUT2D eigenvalue weighted by atomic mass is 10.2. The summed E-state index contributed by atoms with van der Waals surface area (Å²) >= 11 is 0. The van der Waals surface area contributed by atoms with Crippen molar-refractivity contribution in [2.24, 2.45) is 7.05 Å². The van der Waals surface area contributed by atoms with Crippen molar-refractivity contribution >= 4 is 5.82 Å². The van der Waals surface area contributed by atoms with Crippen molar-refractivity contribution in [2.75, 3.05) is 18.0 Å². The molecule has 1 aromatic heterocycles. The van der Waals surface area contributed by atoms with Crippen LogP contribution in [-0.4, -0.2) is 28.0 Å². The van der Waals surface area contributed by atoms with E-state index in [2.05, 4.69) is 5.10 Å². The van der Waals surface area contributed by atoms with Gasteiger partial charge in [-0.2, -0.15) is 15.6 Å². The number of aliphatic hydroxyl groups is 1. The van der Waals surface area contributed by atoms with E-state index in [0.29, 0.717) is 17.1 Å². The largest absolute Gasteiger partial charge is 0.391 e. The number of hydrogen-bond donors (Lipinski definition) is 1. The highest BCUT2D eigenvalue weighted by molar-refractivity contribution is 5.51. The van der Waals surface area contributed by atoms with E-state index in [1.54, 1.807) is 23.6 Å². The first-order chi connectivity index (χ1) is 7.65. The first kappa shape index (κ1) is 12.0. The van der Waals surface area contributed by atoms with E-state index < -0.39 is 0 Å². The van der Waals surface area contributed by atoms with Gasteiger partial charge >= 0.3 is 0 Å². The van der Waals surface area contributed by atoms with E-state index in [9.17, 15) is 5.11 Å². The molecule has 0 aliphatic rings. The van der Waals surface area contributed by atoms with Crippen molar-refractivity contribution in [3.63, 3.8) is 0 Å². The Morgan fingerprint density at radius 1 is 1.38 bits per heavy atom. The van der Waals surface area contributed by atoms with Crippen molar-refractivity contribution in [2.45, 2.75) is 13.5 Å². The minimum absolute atomic E-state index is 0.0968. The van der Waals surface area contributed by atoms with Crippen LogP contribution in [0, 0.1) is 29.6 Å². The number of nitrogens with zero attached hydrogens (tertiary/aromatic N) is 5. The Morgan fingerprint density at radius 3 is 2.38 bits per heavy atom. The molecule has 0 unspecified atom stereocenters. The number of aromatic nitrogens is 2. The number of nitriles is 2. The summed E-state index contributed by atoms with van der Waals surface area (Å²) in [4.78, 5) is 1.59. The molecule has 1 rings (SSSR count). The standard InChI is InChI=1S/C10H13N5O/c1-8-9(7-16)10(14(2)13-8)15(5-3-11)6-4-12/h16H,5-7H2,1-2H3. The molecule has 0 aliphatic heterocycles. The Kier molecular flexibility index (Phi) is 3.87. The molecular weight excluding hydrogens is 206 g/mol. The van der Waals surface area contributed by atoms with Crippen LogP contribution in [0.2, 0.25) is 0 Å². The number of aliphatic hydroxyl groups excluding tert-OH is 1. The van der Waals surface area contributed by atoms with E-state index in [-0.39, 0.29) is 19.7 Å². The lowest BCUT2D eigenvalue weighted by molar-refractivity contribution is 0.281. The fourth-order valence-corrected chi connectivity index (χ4v) is 1.65. The Bertz CT molecular complexity index is 435. The van der Waals surface area contributed by atoms with E-state index in [1.165, 1.54) is 0 Å². The minimum Gasteiger partial charge on any atom is -0.391 e. The normalized spacial score (nSPS) is 9.56. The third-order valence-corrected chi connectivity index (χ3v) is 2.29. The first-order valence-electron chi connectivity index (χ1n) is 4.77. The molecule has 16 heavy (non-hydrogen) atoms. The fourth-order valence-electron chi connectivity index (χ4n) is 1.65. The van der Waals surface area contributed by atoms with Gasteiger partial charge in [-0.3, -0.25) is 4.68 Å². The van der Waals surface area contributed by atoms with E-state index in [4.69, 9.17) is 10.5 Å². The van der Waals surface area contributed by atoms with Crippen LogP contribution in [0.15, 0.2) is 0 Å². The van der Waals surface area contributed by atoms with Crippen LogP contribution in [-0.2, 0) is 13.7 Å². The van der Waals surface area contributed by atoms with Crippen molar-refractivity contribution in [1.82, 2.24) is 9.78 Å². The van der Waals surface area contributed by atoms with Gasteiger partial charge in [0.2, 0.25) is 0 Å². The third-order valence-electron chi connectivity index (χ3n) is 2.29. The number of hydrogen-bond acceptors (Lipinski definition) is 5. The van der Waals surface area contributed by atoms with Crippen molar-refractivity contribution in [1.29, 1.82) is 10.5 Å². The van der Waals surface area contributed by atoms with Gasteiger partial charge in [-0.05, 0) is 6.92 Å². The van der Waals surface area contributed by atoms with Gasteiger partial charge in [0.15, 0.2) is 0 Å². The Morgan fingerprint density at radius 2 is 1.94 bits per heavy atom. The van der Waals surface area contributed by atoms with Crippen LogP contribution >= 0.6 is 0 Å². The lowest BCUT2D eigenvalue weighted by Crippen LogP contribution is -2.27. The summed E-state index contributed by atoms with van der Waals surface area (Å²) < 4.78 is 1.58. The summed E-state index contributed by atoms with van der Waals surface area (Å²) in [5, 5.41) is 30.8. The fraction of sp³-hybridized carbons (Fsp3) is 0.500. The van der Waals surface area contributed by atoms with Crippen molar-refractivity contribution in [3.8, 4) is 12.1 Å². The first-order valence-corrected chi connectivity index (χ1v) is 4.77. The second-order valence-corrected chi connectivity index (χ2v) is 3.34. The molecule has 6 heteroatoms. The van der Waals surface area contributed by atoms with Crippen molar-refractivity contribution < 1.29 is 5.11 Å². The van der Waals surface area contributed by atoms with Gasteiger partial charge in [0.05, 0.1) is 24.4 Å². The summed E-state index contributed by atoms with van der Waals surface area (Å²) in [6, 6.07) is 3.98. The van der Waals surface area contributed by atoms with Crippen LogP contribution < -0.4 is 4.90 Å². The van der Waals surface area contributed by atoms with Gasteiger partial charge in [-0.25, -0.2) is 0 Å². The van der Waals surface area contributed by atoms with Crippen LogP contribution in [0.4, 0.5) is 5.82 Å². The summed E-state index contributed by atoms with van der Waals surface area (Å²) in [7, 11) is 1.73. The van der Waals surface area contributed by atoms with E-state index in [0.717, 1.165) is 0 Å².